The maximum absolute atomic E-state index is 13.0. The lowest BCUT2D eigenvalue weighted by molar-refractivity contribution is 0.0225. The van der Waals surface area contributed by atoms with Gasteiger partial charge in [-0.25, -0.2) is 4.79 Å². The van der Waals surface area contributed by atoms with Crippen LogP contribution in [0.25, 0.3) is 10.8 Å². The number of ether oxygens (including phenoxy) is 2. The van der Waals surface area contributed by atoms with Gasteiger partial charge in [0.2, 0.25) is 0 Å². The summed E-state index contributed by atoms with van der Waals surface area (Å²) in [5.41, 5.74) is 3.74. The molecule has 5 aromatic rings. The molecule has 0 saturated carbocycles. The summed E-state index contributed by atoms with van der Waals surface area (Å²) in [6, 6.07) is 29.5. The summed E-state index contributed by atoms with van der Waals surface area (Å²) in [4.78, 5) is 17.1. The zero-order chi connectivity index (χ0) is 22.7. The van der Waals surface area contributed by atoms with Crippen LogP contribution in [0, 0.1) is 0 Å². The quantitative estimate of drug-likeness (QED) is 0.314. The van der Waals surface area contributed by atoms with E-state index in [-0.39, 0.29) is 5.97 Å². The van der Waals surface area contributed by atoms with E-state index in [2.05, 4.69) is 22.4 Å². The Hall–Kier alpha value is -4.64. The maximum atomic E-state index is 13.0. The fourth-order valence-electron chi connectivity index (χ4n) is 5.08. The molecule has 1 spiro atoms. The van der Waals surface area contributed by atoms with E-state index in [1.165, 1.54) is 0 Å². The number of aromatic nitrogens is 1. The van der Waals surface area contributed by atoms with Crippen molar-refractivity contribution in [1.29, 1.82) is 0 Å². The van der Waals surface area contributed by atoms with E-state index >= 15 is 0 Å². The van der Waals surface area contributed by atoms with E-state index in [4.69, 9.17) is 9.47 Å². The largest absolute Gasteiger partial charge is 0.456 e. The lowest BCUT2D eigenvalue weighted by Crippen LogP contribution is -2.33. The lowest BCUT2D eigenvalue weighted by atomic mass is 9.77. The normalized spacial score (nSPS) is 17.5. The minimum atomic E-state index is -1.07. The third-order valence-electron chi connectivity index (χ3n) is 6.57. The number of nitrogens with zero attached hydrogens (tertiary/aromatic N) is 1. The number of nitrogens with one attached hydrogen (secondary N) is 1. The first kappa shape index (κ1) is 18.9. The van der Waals surface area contributed by atoms with Crippen LogP contribution in [0.4, 0.5) is 11.4 Å². The predicted octanol–water partition coefficient (Wildman–Crippen LogP) is 6.55. The highest BCUT2D eigenvalue weighted by Crippen LogP contribution is 2.57. The maximum Gasteiger partial charge on any atom is 0.340 e. The van der Waals surface area contributed by atoms with Gasteiger partial charge in [-0.05, 0) is 41.8 Å². The third-order valence-corrected chi connectivity index (χ3v) is 6.57. The molecule has 7 rings (SSSR count). The van der Waals surface area contributed by atoms with Gasteiger partial charge >= 0.3 is 5.97 Å². The molecule has 0 amide bonds. The van der Waals surface area contributed by atoms with Gasteiger partial charge in [0, 0.05) is 51.9 Å². The number of benzene rings is 4. The van der Waals surface area contributed by atoms with Crippen molar-refractivity contribution < 1.29 is 14.3 Å². The number of carbonyl (C=O) groups is 1. The van der Waals surface area contributed by atoms with Gasteiger partial charge in [0.25, 0.3) is 0 Å². The topological polar surface area (TPSA) is 60.5 Å². The Bertz CT molecular complexity index is 1610. The molecule has 0 radical (unpaired) electrons. The standard InChI is InChI=1S/C29H18N2O3/c32-28-22-7-3-4-8-23(22)29(34-28)24-12-10-20(31-19-13-15-30-16-14-19)17-26(24)33-27-21-6-2-1-5-18(21)9-11-25(27)29/h1-17H,(H,30,31). The lowest BCUT2D eigenvalue weighted by Gasteiger charge is -2.37. The molecule has 34 heavy (non-hydrogen) atoms. The number of esters is 1. The molecule has 0 aliphatic carbocycles. The summed E-state index contributed by atoms with van der Waals surface area (Å²) < 4.78 is 12.8. The SMILES string of the molecule is O=C1OC2(c3ccc(Nc4ccncc4)cc3Oc3c2ccc2ccccc32)c2ccccc21. The first-order valence-electron chi connectivity index (χ1n) is 11.1. The number of hydrogen-bond donors (Lipinski definition) is 1. The van der Waals surface area contributed by atoms with Crippen LogP contribution in [-0.4, -0.2) is 11.0 Å². The number of carbonyl (C=O) groups excluding carboxylic acids is 1. The second kappa shape index (κ2) is 6.93. The average Bonchev–Trinajstić information content (AvgIpc) is 3.17. The Morgan fingerprint density at radius 3 is 2.44 bits per heavy atom. The Kier molecular flexibility index (Phi) is 3.85. The van der Waals surface area contributed by atoms with Crippen LogP contribution in [0.3, 0.4) is 0 Å². The van der Waals surface area contributed by atoms with E-state index in [1.54, 1.807) is 12.4 Å². The van der Waals surface area contributed by atoms with Crippen LogP contribution in [0.1, 0.15) is 27.0 Å². The van der Waals surface area contributed by atoms with Crippen molar-refractivity contribution in [1.82, 2.24) is 4.98 Å². The van der Waals surface area contributed by atoms with Gasteiger partial charge in [0.05, 0.1) is 5.56 Å². The molecular weight excluding hydrogens is 424 g/mol. The number of hydrogen-bond acceptors (Lipinski definition) is 5. The van der Waals surface area contributed by atoms with E-state index in [0.717, 1.165) is 38.8 Å². The van der Waals surface area contributed by atoms with Crippen molar-refractivity contribution in [2.75, 3.05) is 5.32 Å². The van der Waals surface area contributed by atoms with Crippen LogP contribution in [-0.2, 0) is 10.3 Å². The van der Waals surface area contributed by atoms with Gasteiger partial charge in [0.1, 0.15) is 11.5 Å². The molecule has 3 heterocycles. The van der Waals surface area contributed by atoms with Crippen molar-refractivity contribution in [2.45, 2.75) is 5.60 Å². The fourth-order valence-corrected chi connectivity index (χ4v) is 5.08. The highest BCUT2D eigenvalue weighted by atomic mass is 16.6. The molecule has 1 N–H and O–H groups in total. The third kappa shape index (κ3) is 2.55. The molecule has 1 aromatic heterocycles. The van der Waals surface area contributed by atoms with E-state index in [9.17, 15) is 4.79 Å². The molecule has 0 saturated heterocycles. The molecule has 162 valence electrons. The monoisotopic (exact) mass is 442 g/mol. The van der Waals surface area contributed by atoms with Gasteiger partial charge in [-0.15, -0.1) is 0 Å². The Labute approximate surface area is 195 Å². The van der Waals surface area contributed by atoms with Gasteiger partial charge < -0.3 is 14.8 Å². The molecule has 5 nitrogen and oxygen atoms in total. The molecule has 4 aromatic carbocycles. The molecule has 2 aliphatic heterocycles. The second-order valence-corrected chi connectivity index (χ2v) is 8.45. The predicted molar refractivity (Wildman–Crippen MR) is 130 cm³/mol. The number of fused-ring (bicyclic) bond motifs is 8. The minimum absolute atomic E-state index is 0.332. The van der Waals surface area contributed by atoms with Gasteiger partial charge in [0.15, 0.2) is 5.60 Å². The van der Waals surface area contributed by atoms with Crippen molar-refractivity contribution >= 4 is 28.1 Å². The Balaban J connectivity index is 1.49. The smallest absolute Gasteiger partial charge is 0.340 e. The summed E-state index contributed by atoms with van der Waals surface area (Å²) in [5.74, 6) is 1.02. The average molecular weight is 442 g/mol. The van der Waals surface area contributed by atoms with Crippen molar-refractivity contribution in [3.05, 3.63) is 126 Å². The molecule has 1 atom stereocenters. The van der Waals surface area contributed by atoms with E-state index in [0.29, 0.717) is 17.1 Å². The van der Waals surface area contributed by atoms with Crippen LogP contribution in [0.5, 0.6) is 11.5 Å². The summed E-state index contributed by atoms with van der Waals surface area (Å²) >= 11 is 0. The Morgan fingerprint density at radius 1 is 0.735 bits per heavy atom. The summed E-state index contributed by atoms with van der Waals surface area (Å²) in [6.45, 7) is 0. The van der Waals surface area contributed by atoms with Gasteiger partial charge in [-0.3, -0.25) is 4.98 Å². The van der Waals surface area contributed by atoms with Crippen molar-refractivity contribution in [3.63, 3.8) is 0 Å². The second-order valence-electron chi connectivity index (χ2n) is 8.45. The number of pyridine rings is 1. The van der Waals surface area contributed by atoms with Crippen molar-refractivity contribution in [2.24, 2.45) is 0 Å². The van der Waals surface area contributed by atoms with Crippen LogP contribution >= 0.6 is 0 Å². The summed E-state index contributed by atoms with van der Waals surface area (Å²) in [6.07, 6.45) is 3.48. The highest BCUT2D eigenvalue weighted by molar-refractivity contribution is 5.99. The fraction of sp³-hybridized carbons (Fsp3) is 0.0345. The summed E-state index contributed by atoms with van der Waals surface area (Å²) in [5, 5.41) is 5.42. The summed E-state index contributed by atoms with van der Waals surface area (Å²) in [7, 11) is 0. The first-order chi connectivity index (χ1) is 16.7. The van der Waals surface area contributed by atoms with Crippen LogP contribution in [0.2, 0.25) is 0 Å². The van der Waals surface area contributed by atoms with E-state index in [1.807, 2.05) is 78.9 Å². The Morgan fingerprint density at radius 2 is 1.53 bits per heavy atom. The van der Waals surface area contributed by atoms with E-state index < -0.39 is 5.60 Å². The van der Waals surface area contributed by atoms with Crippen molar-refractivity contribution in [3.8, 4) is 11.5 Å². The van der Waals surface area contributed by atoms with Gasteiger partial charge in [-0.1, -0.05) is 48.5 Å². The zero-order valence-electron chi connectivity index (χ0n) is 18.0. The molecule has 0 fully saturated rings. The molecule has 0 bridgehead atoms. The molecule has 1 unspecified atom stereocenters. The molecule has 5 heteroatoms. The van der Waals surface area contributed by atoms with Crippen LogP contribution < -0.4 is 10.1 Å². The molecular formula is C29H18N2O3. The van der Waals surface area contributed by atoms with Crippen LogP contribution in [0.15, 0.2) is 103 Å². The first-order valence-corrected chi connectivity index (χ1v) is 11.1. The highest BCUT2D eigenvalue weighted by Gasteiger charge is 2.53. The molecule has 2 aliphatic rings. The zero-order valence-corrected chi connectivity index (χ0v) is 18.0. The minimum Gasteiger partial charge on any atom is -0.456 e. The van der Waals surface area contributed by atoms with Gasteiger partial charge in [-0.2, -0.15) is 0 Å². The number of anilines is 2. The number of rotatable bonds is 2.